The van der Waals surface area contributed by atoms with Crippen molar-refractivity contribution < 1.29 is 0 Å². The maximum atomic E-state index is 9.18. The monoisotopic (exact) mass is 147 g/mol. The molecule has 0 bridgehead atoms. The molecule has 0 N–H and O–H groups in total. The molecule has 0 aliphatic heterocycles. The van der Waals surface area contributed by atoms with Crippen molar-refractivity contribution in [2.24, 2.45) is 5.18 Å². The van der Waals surface area contributed by atoms with Crippen LogP contribution in [0.4, 0.5) is 0 Å². The Morgan fingerprint density at radius 2 is 1.50 bits per heavy atom. The summed E-state index contributed by atoms with van der Waals surface area (Å²) in [5.41, 5.74) is 0. The molecule has 0 aromatic heterocycles. The third kappa shape index (κ3) is 4.47. The van der Waals surface area contributed by atoms with Gasteiger partial charge in [-0.25, -0.2) is 0 Å². The Hall–Kier alpha value is 0.470. The first kappa shape index (κ1) is 6.47. The molecule has 0 atom stereocenters. The minimum absolute atomic E-state index is 1.97. The SMILES string of the molecule is O=NC(Cl)(Cl)Cl. The van der Waals surface area contributed by atoms with Crippen LogP contribution in [-0.2, 0) is 0 Å². The van der Waals surface area contributed by atoms with Gasteiger partial charge in [0, 0.05) is 0 Å². The molecule has 0 heterocycles. The van der Waals surface area contributed by atoms with E-state index in [1.807, 2.05) is 0 Å². The molecule has 0 rings (SSSR count). The average molecular weight is 148 g/mol. The quantitative estimate of drug-likeness (QED) is 0.294. The van der Waals surface area contributed by atoms with Gasteiger partial charge < -0.3 is 0 Å². The summed E-state index contributed by atoms with van der Waals surface area (Å²) in [7, 11) is 0. The summed E-state index contributed by atoms with van der Waals surface area (Å²) in [6, 6.07) is 0. The first-order valence-corrected chi connectivity index (χ1v) is 2.11. The van der Waals surface area contributed by atoms with E-state index in [0.29, 0.717) is 0 Å². The van der Waals surface area contributed by atoms with Crippen molar-refractivity contribution in [2.75, 3.05) is 0 Å². The smallest absolute Gasteiger partial charge is 0.146 e. The predicted octanol–water partition coefficient (Wildman–Crippen LogP) is 2.08. The van der Waals surface area contributed by atoms with Crippen LogP contribution in [0.25, 0.3) is 0 Å². The van der Waals surface area contributed by atoms with Crippen molar-refractivity contribution in [3.63, 3.8) is 0 Å². The fourth-order valence-corrected chi connectivity index (χ4v) is 0. The lowest BCUT2D eigenvalue weighted by Gasteiger charge is -1.91. The van der Waals surface area contributed by atoms with Gasteiger partial charge in [0.1, 0.15) is 0 Å². The lowest BCUT2D eigenvalue weighted by molar-refractivity contribution is 1.15. The molecule has 0 spiro atoms. The number of alkyl halides is 3. The molecular formula is CCl3NO. The summed E-state index contributed by atoms with van der Waals surface area (Å²) < 4.78 is -1.97. The van der Waals surface area contributed by atoms with Gasteiger partial charge in [-0.1, -0.05) is 34.8 Å². The summed E-state index contributed by atoms with van der Waals surface area (Å²) in [6.45, 7) is 0. The van der Waals surface area contributed by atoms with Crippen molar-refractivity contribution in [1.29, 1.82) is 0 Å². The van der Waals surface area contributed by atoms with E-state index in [9.17, 15) is 4.91 Å². The van der Waals surface area contributed by atoms with Crippen LogP contribution in [-0.4, -0.2) is 3.92 Å². The normalized spacial score (nSPS) is 11.2. The van der Waals surface area contributed by atoms with Crippen LogP contribution >= 0.6 is 34.8 Å². The summed E-state index contributed by atoms with van der Waals surface area (Å²) in [6.07, 6.45) is 0. The highest BCUT2D eigenvalue weighted by molar-refractivity contribution is 6.67. The molecule has 0 unspecified atom stereocenters. The molecule has 2 nitrogen and oxygen atoms in total. The van der Waals surface area contributed by atoms with Crippen molar-refractivity contribution in [3.05, 3.63) is 4.91 Å². The largest absolute Gasteiger partial charge is 0.324 e. The molecule has 0 aromatic rings. The zero-order chi connectivity index (χ0) is 5.21. The highest BCUT2D eigenvalue weighted by atomic mass is 35.6. The van der Waals surface area contributed by atoms with E-state index in [0.717, 1.165) is 0 Å². The molecule has 0 fully saturated rings. The highest BCUT2D eigenvalue weighted by Crippen LogP contribution is 2.26. The fourth-order valence-electron chi connectivity index (χ4n) is 0. The minimum Gasteiger partial charge on any atom is -0.146 e. The second kappa shape index (κ2) is 1.96. The van der Waals surface area contributed by atoms with Gasteiger partial charge in [-0.2, -0.15) is 0 Å². The maximum absolute atomic E-state index is 9.18. The van der Waals surface area contributed by atoms with Crippen LogP contribution in [0.5, 0.6) is 0 Å². The number of hydrogen-bond acceptors (Lipinski definition) is 2. The number of rotatable bonds is 0. The second-order valence-corrected chi connectivity index (χ2v) is 2.78. The lowest BCUT2D eigenvalue weighted by Crippen LogP contribution is -1.91. The van der Waals surface area contributed by atoms with Crippen molar-refractivity contribution in [2.45, 2.75) is 3.92 Å². The zero-order valence-corrected chi connectivity index (χ0v) is 4.76. The van der Waals surface area contributed by atoms with E-state index in [2.05, 4.69) is 5.18 Å². The number of hydrogen-bond donors (Lipinski definition) is 0. The van der Waals surface area contributed by atoms with Crippen molar-refractivity contribution in [1.82, 2.24) is 0 Å². The fraction of sp³-hybridized carbons (Fsp3) is 1.00. The molecule has 0 amide bonds. The van der Waals surface area contributed by atoms with E-state index >= 15 is 0 Å². The van der Waals surface area contributed by atoms with Crippen LogP contribution in [0.15, 0.2) is 5.18 Å². The first-order chi connectivity index (χ1) is 2.56. The van der Waals surface area contributed by atoms with Gasteiger partial charge in [-0.15, -0.1) is 4.91 Å². The predicted molar refractivity (Wildman–Crippen MR) is 26.1 cm³/mol. The van der Waals surface area contributed by atoms with Crippen molar-refractivity contribution in [3.8, 4) is 0 Å². The Morgan fingerprint density at radius 3 is 1.50 bits per heavy atom. The summed E-state index contributed by atoms with van der Waals surface area (Å²) in [5.74, 6) is 0. The average Bonchev–Trinajstić information content (AvgIpc) is 1.35. The molecule has 6 heavy (non-hydrogen) atoms. The van der Waals surface area contributed by atoms with Gasteiger partial charge >= 0.3 is 3.92 Å². The van der Waals surface area contributed by atoms with E-state index in [1.165, 1.54) is 0 Å². The maximum Gasteiger partial charge on any atom is 0.324 e. The van der Waals surface area contributed by atoms with E-state index in [4.69, 9.17) is 34.8 Å². The van der Waals surface area contributed by atoms with Crippen LogP contribution in [0.3, 0.4) is 0 Å². The molecule has 36 valence electrons. The topological polar surface area (TPSA) is 29.4 Å². The van der Waals surface area contributed by atoms with Gasteiger partial charge in [0.05, 0.1) is 0 Å². The van der Waals surface area contributed by atoms with Crippen LogP contribution in [0.2, 0.25) is 0 Å². The van der Waals surface area contributed by atoms with Gasteiger partial charge in [0.15, 0.2) is 0 Å². The lowest BCUT2D eigenvalue weighted by atomic mass is 11.5. The van der Waals surface area contributed by atoms with Gasteiger partial charge in [0.2, 0.25) is 0 Å². The zero-order valence-electron chi connectivity index (χ0n) is 2.49. The van der Waals surface area contributed by atoms with E-state index in [-0.39, 0.29) is 0 Å². The van der Waals surface area contributed by atoms with Gasteiger partial charge in [0.25, 0.3) is 0 Å². The van der Waals surface area contributed by atoms with Gasteiger partial charge in [-0.05, 0) is 5.18 Å². The van der Waals surface area contributed by atoms with E-state index in [1.54, 1.807) is 0 Å². The number of nitroso groups, excluding NO2 is 1. The number of halogens is 3. The molecule has 5 heteroatoms. The molecular weight excluding hydrogens is 148 g/mol. The summed E-state index contributed by atoms with van der Waals surface area (Å²) in [4.78, 5) is 9.18. The standard InChI is InChI=1S/CCl3NO/c2-1(3,4)5-6. The minimum atomic E-state index is -1.97. The Morgan fingerprint density at radius 1 is 1.33 bits per heavy atom. The summed E-state index contributed by atoms with van der Waals surface area (Å²) >= 11 is 14.3. The van der Waals surface area contributed by atoms with Crippen molar-refractivity contribution >= 4 is 34.8 Å². The third-order valence-corrected chi connectivity index (χ3v) is 0.311. The molecule has 0 aliphatic rings. The number of nitrogens with zero attached hydrogens (tertiary/aromatic N) is 1. The Balaban J connectivity index is 3.45. The Labute approximate surface area is 49.3 Å². The van der Waals surface area contributed by atoms with Crippen LogP contribution in [0, 0.1) is 4.91 Å². The summed E-state index contributed by atoms with van der Waals surface area (Å²) in [5, 5.41) is 2.07. The Kier molecular flexibility index (Phi) is 2.11. The van der Waals surface area contributed by atoms with Gasteiger partial charge in [-0.3, -0.25) is 0 Å². The Bertz CT molecular complexity index is 56.3. The molecule has 0 aliphatic carbocycles. The highest BCUT2D eigenvalue weighted by Gasteiger charge is 2.18. The first-order valence-electron chi connectivity index (χ1n) is 0.973. The molecule has 0 saturated heterocycles. The molecule has 0 aromatic carbocycles. The molecule has 0 radical (unpaired) electrons. The molecule has 0 saturated carbocycles. The third-order valence-electron chi connectivity index (χ3n) is 0.104. The second-order valence-electron chi connectivity index (χ2n) is 0.559. The van der Waals surface area contributed by atoms with Crippen LogP contribution < -0.4 is 0 Å². The van der Waals surface area contributed by atoms with Crippen LogP contribution in [0.1, 0.15) is 0 Å². The van der Waals surface area contributed by atoms with E-state index < -0.39 is 3.92 Å².